The zero-order chi connectivity index (χ0) is 47.0. The summed E-state index contributed by atoms with van der Waals surface area (Å²) < 4.78 is 7.01. The highest BCUT2D eigenvalue weighted by Crippen LogP contribution is 2.50. The van der Waals surface area contributed by atoms with Crippen molar-refractivity contribution in [2.24, 2.45) is 0 Å². The summed E-state index contributed by atoms with van der Waals surface area (Å²) in [6.45, 7) is 37.2. The molecule has 1 atom stereocenters. The van der Waals surface area contributed by atoms with E-state index in [1.165, 1.54) is 6.92 Å². The third-order valence-electron chi connectivity index (χ3n) is 11.6. The number of aromatic hydroxyl groups is 3. The van der Waals surface area contributed by atoms with Gasteiger partial charge < -0.3 is 20.1 Å². The highest BCUT2D eigenvalue weighted by atomic mass is 16.6. The summed E-state index contributed by atoms with van der Waals surface area (Å²) in [5.41, 5.74) is -3.24. The van der Waals surface area contributed by atoms with Gasteiger partial charge in [-0.25, -0.2) is 19.0 Å². The number of carbonyl (C=O) groups excluding carboxylic acids is 1. The number of hydrogen-bond acceptors (Lipinski definition) is 8. The van der Waals surface area contributed by atoms with Gasteiger partial charge in [0.15, 0.2) is 6.23 Å². The Morgan fingerprint density at radius 1 is 0.525 bits per heavy atom. The first-order chi connectivity index (χ1) is 27.3. The molecule has 3 aromatic carbocycles. The minimum absolute atomic E-state index is 0.0578. The van der Waals surface area contributed by atoms with Crippen LogP contribution in [-0.4, -0.2) is 35.8 Å². The van der Waals surface area contributed by atoms with E-state index in [-0.39, 0.29) is 23.7 Å². The van der Waals surface area contributed by atoms with Gasteiger partial charge in [-0.15, -0.1) is 0 Å². The maximum absolute atomic E-state index is 16.1. The Morgan fingerprint density at radius 3 is 1.05 bits per heavy atom. The van der Waals surface area contributed by atoms with Crippen LogP contribution in [0.15, 0.2) is 50.8 Å². The Bertz CT molecular complexity index is 2290. The van der Waals surface area contributed by atoms with Crippen LogP contribution in [0, 0.1) is 0 Å². The van der Waals surface area contributed by atoms with Crippen molar-refractivity contribution >= 4 is 5.97 Å². The average Bonchev–Trinajstić information content (AvgIpc) is 3.04. The van der Waals surface area contributed by atoms with Crippen LogP contribution in [0.5, 0.6) is 17.2 Å². The fourth-order valence-corrected chi connectivity index (χ4v) is 8.05. The van der Waals surface area contributed by atoms with Crippen LogP contribution in [0.2, 0.25) is 0 Å². The number of benzene rings is 3. The smallest absolute Gasteiger partial charge is 0.336 e. The van der Waals surface area contributed by atoms with E-state index in [0.29, 0.717) is 54.6 Å². The zero-order valence-electron chi connectivity index (χ0n) is 40.1. The first kappa shape index (κ1) is 48.6. The summed E-state index contributed by atoms with van der Waals surface area (Å²) in [5, 5.41) is 36.0. The van der Waals surface area contributed by atoms with Gasteiger partial charge in [0.05, 0.1) is 0 Å². The molecule has 0 bridgehead atoms. The molecule has 334 valence electrons. The number of ether oxygens (including phenoxy) is 1. The van der Waals surface area contributed by atoms with Crippen LogP contribution in [0.1, 0.15) is 188 Å². The number of phenolic OH excluding ortho intramolecular Hbond substituents is 3. The number of nitrogens with one attached hydrogen (secondary N) is 2. The lowest BCUT2D eigenvalue weighted by atomic mass is 9.65. The second-order valence-corrected chi connectivity index (χ2v) is 23.0. The van der Waals surface area contributed by atoms with E-state index in [4.69, 9.17) is 4.74 Å². The fraction of sp³-hybridized carbons (Fsp3) is 0.560. The molecule has 11 nitrogen and oxygen atoms in total. The number of aromatic nitrogens is 3. The number of carbonyl (C=O) groups is 1. The van der Waals surface area contributed by atoms with E-state index in [1.807, 2.05) is 161 Å². The summed E-state index contributed by atoms with van der Waals surface area (Å²) >= 11 is 0. The SMILES string of the molecule is CC(OC(=O)C(Cc1cc(C(C)(C)C)c(O)c(C(C)(C)C)c1)(c1cc(C(C)(C)C)c(O)c(C(C)(C)C)c1)c1cc(C(C)(C)C)c(O)c(C(C)(C)C)c1)n1c(=O)[nH]c(=O)[nH]c1=O. The first-order valence-electron chi connectivity index (χ1n) is 21.1. The van der Waals surface area contributed by atoms with Gasteiger partial charge in [0, 0.05) is 0 Å². The van der Waals surface area contributed by atoms with Crippen molar-refractivity contribution in [3.63, 3.8) is 0 Å². The van der Waals surface area contributed by atoms with Gasteiger partial charge in [-0.1, -0.05) is 161 Å². The molecule has 0 spiro atoms. The number of nitrogens with zero attached hydrogens (tertiary/aromatic N) is 1. The number of aromatic amines is 2. The molecule has 0 amide bonds. The van der Waals surface area contributed by atoms with Gasteiger partial charge >= 0.3 is 23.0 Å². The molecular formula is C50H71N3O8. The fourth-order valence-electron chi connectivity index (χ4n) is 8.05. The van der Waals surface area contributed by atoms with E-state index < -0.39 is 67.2 Å². The third-order valence-corrected chi connectivity index (χ3v) is 11.6. The molecule has 0 fully saturated rings. The highest BCUT2D eigenvalue weighted by Gasteiger charge is 2.48. The van der Waals surface area contributed by atoms with E-state index in [2.05, 4.69) is 9.97 Å². The van der Waals surface area contributed by atoms with Gasteiger partial charge in [0.2, 0.25) is 0 Å². The molecule has 1 heterocycles. The molecular weight excluding hydrogens is 771 g/mol. The predicted octanol–water partition coefficient (Wildman–Crippen LogP) is 9.42. The standard InChI is InChI=1S/C50H71N3O8/c1-27(53-42(59)51-41(58)52-43(53)60)61-40(57)50(29-22-33(46(8,9)10)38(55)34(23-29)47(11,12)13,30-24-35(48(14,15)16)39(56)36(25-30)49(17,18)19)26-28-20-31(44(2,3)4)37(54)32(21-28)45(5,6)7/h20-25,27,54-56H,26H2,1-19H3,(H2,51,52,58,59,60). The minimum Gasteiger partial charge on any atom is -0.507 e. The Labute approximate surface area is 361 Å². The van der Waals surface area contributed by atoms with Crippen LogP contribution < -0.4 is 17.1 Å². The van der Waals surface area contributed by atoms with Gasteiger partial charge in [0.1, 0.15) is 22.7 Å². The summed E-state index contributed by atoms with van der Waals surface area (Å²) in [4.78, 5) is 58.6. The Morgan fingerprint density at radius 2 is 0.787 bits per heavy atom. The minimum atomic E-state index is -1.82. The third kappa shape index (κ3) is 9.71. The largest absolute Gasteiger partial charge is 0.507 e. The topological polar surface area (TPSA) is 175 Å². The lowest BCUT2D eigenvalue weighted by Gasteiger charge is -2.39. The number of hydrogen-bond donors (Lipinski definition) is 5. The molecule has 1 unspecified atom stereocenters. The predicted molar refractivity (Wildman–Crippen MR) is 244 cm³/mol. The van der Waals surface area contributed by atoms with Gasteiger partial charge in [-0.05, 0) is 95.9 Å². The number of phenols is 3. The monoisotopic (exact) mass is 842 g/mol. The molecule has 0 aliphatic rings. The van der Waals surface area contributed by atoms with Gasteiger partial charge in [0.25, 0.3) is 0 Å². The highest BCUT2D eigenvalue weighted by molar-refractivity contribution is 5.89. The van der Waals surface area contributed by atoms with Crippen molar-refractivity contribution in [2.45, 2.75) is 182 Å². The number of esters is 1. The number of rotatable bonds is 7. The maximum atomic E-state index is 16.1. The molecule has 0 radical (unpaired) electrons. The molecule has 4 aromatic rings. The van der Waals surface area contributed by atoms with Crippen LogP contribution >= 0.6 is 0 Å². The van der Waals surface area contributed by atoms with Crippen molar-refractivity contribution in [1.29, 1.82) is 0 Å². The molecule has 61 heavy (non-hydrogen) atoms. The molecule has 0 aliphatic carbocycles. The lowest BCUT2D eigenvalue weighted by molar-refractivity contribution is -0.158. The molecule has 4 rings (SSSR count). The zero-order valence-corrected chi connectivity index (χ0v) is 40.1. The normalized spacial score (nSPS) is 14.0. The second-order valence-electron chi connectivity index (χ2n) is 23.0. The molecule has 1 aromatic heterocycles. The van der Waals surface area contributed by atoms with Crippen molar-refractivity contribution < 1.29 is 24.9 Å². The quantitative estimate of drug-likeness (QED) is 0.114. The van der Waals surface area contributed by atoms with Crippen LogP contribution in [-0.2, 0) is 53.9 Å². The Kier molecular flexibility index (Phi) is 12.5. The molecule has 11 heteroatoms. The van der Waals surface area contributed by atoms with E-state index in [9.17, 15) is 29.7 Å². The maximum Gasteiger partial charge on any atom is 0.336 e. The van der Waals surface area contributed by atoms with Gasteiger partial charge in [-0.3, -0.25) is 14.8 Å². The molecule has 0 saturated carbocycles. The van der Waals surface area contributed by atoms with Crippen molar-refractivity contribution in [1.82, 2.24) is 14.5 Å². The summed E-state index contributed by atoms with van der Waals surface area (Å²) in [7, 11) is 0. The number of H-pyrrole nitrogens is 2. The van der Waals surface area contributed by atoms with Crippen LogP contribution in [0.25, 0.3) is 0 Å². The van der Waals surface area contributed by atoms with Crippen LogP contribution in [0.3, 0.4) is 0 Å². The lowest BCUT2D eigenvalue weighted by Crippen LogP contribution is -2.48. The molecule has 5 N–H and O–H groups in total. The molecule has 0 aliphatic heterocycles. The van der Waals surface area contributed by atoms with E-state index in [0.717, 1.165) is 0 Å². The summed E-state index contributed by atoms with van der Waals surface area (Å²) in [6, 6.07) is 11.2. The summed E-state index contributed by atoms with van der Waals surface area (Å²) in [5.74, 6) is -0.490. The van der Waals surface area contributed by atoms with Crippen LogP contribution in [0.4, 0.5) is 0 Å². The van der Waals surface area contributed by atoms with Gasteiger partial charge in [-0.2, -0.15) is 0 Å². The van der Waals surface area contributed by atoms with Crippen molar-refractivity contribution in [3.05, 3.63) is 118 Å². The van der Waals surface area contributed by atoms with Crippen molar-refractivity contribution in [3.8, 4) is 17.2 Å². The molecule has 0 saturated heterocycles. The Balaban J connectivity index is 2.42. The average molecular weight is 842 g/mol. The van der Waals surface area contributed by atoms with E-state index >= 15 is 4.79 Å². The summed E-state index contributed by atoms with van der Waals surface area (Å²) in [6.07, 6.45) is -1.57. The van der Waals surface area contributed by atoms with Crippen molar-refractivity contribution in [2.75, 3.05) is 0 Å². The Hall–Kier alpha value is -5.06. The first-order valence-corrected chi connectivity index (χ1v) is 21.1. The van der Waals surface area contributed by atoms with E-state index in [1.54, 1.807) is 0 Å². The second kappa shape index (κ2) is 15.7.